The maximum atomic E-state index is 12.1. The Hall–Kier alpha value is -2.73. The summed E-state index contributed by atoms with van der Waals surface area (Å²) in [6, 6.07) is 14.0. The van der Waals surface area contributed by atoms with E-state index in [1.54, 1.807) is 12.1 Å². The number of carbonyl (C=O) groups excluding carboxylic acids is 1. The number of likely N-dealkylation sites (N-methyl/N-ethyl adjacent to an activating group) is 1. The van der Waals surface area contributed by atoms with Gasteiger partial charge in [0.1, 0.15) is 6.54 Å². The van der Waals surface area contributed by atoms with Crippen molar-refractivity contribution in [3.63, 3.8) is 0 Å². The molecular weight excluding hydrogens is 294 g/mol. The molecule has 2 aromatic rings. The number of hydrogen-bond acceptors (Lipinski definition) is 3. The van der Waals surface area contributed by atoms with Gasteiger partial charge in [0.15, 0.2) is 6.54 Å². The summed E-state index contributed by atoms with van der Waals surface area (Å²) in [5.74, 6) is -0.170. The van der Waals surface area contributed by atoms with Crippen molar-refractivity contribution >= 4 is 17.3 Å². The fourth-order valence-electron chi connectivity index (χ4n) is 2.37. The summed E-state index contributed by atoms with van der Waals surface area (Å²) in [4.78, 5) is 23.4. The zero-order valence-electron chi connectivity index (χ0n) is 13.2. The summed E-state index contributed by atoms with van der Waals surface area (Å²) in [7, 11) is 1.94. The lowest BCUT2D eigenvalue weighted by Gasteiger charge is -2.15. The second-order valence-electron chi connectivity index (χ2n) is 5.59. The highest BCUT2D eigenvalue weighted by molar-refractivity contribution is 5.91. The Morgan fingerprint density at radius 3 is 2.65 bits per heavy atom. The normalized spacial score (nSPS) is 11.7. The van der Waals surface area contributed by atoms with E-state index >= 15 is 0 Å². The molecular formula is C17H20N3O3+. The molecule has 0 aliphatic carbocycles. The van der Waals surface area contributed by atoms with E-state index < -0.39 is 4.92 Å². The van der Waals surface area contributed by atoms with Crippen molar-refractivity contribution in [1.29, 1.82) is 0 Å². The molecule has 1 unspecified atom stereocenters. The summed E-state index contributed by atoms with van der Waals surface area (Å²) in [6.07, 6.45) is 0. The molecule has 0 heterocycles. The molecule has 0 aliphatic rings. The first-order valence-corrected chi connectivity index (χ1v) is 7.36. The summed E-state index contributed by atoms with van der Waals surface area (Å²) >= 11 is 0. The van der Waals surface area contributed by atoms with Crippen LogP contribution < -0.4 is 10.2 Å². The fraction of sp³-hybridized carbons (Fsp3) is 0.235. The van der Waals surface area contributed by atoms with Crippen molar-refractivity contribution in [2.75, 3.05) is 18.9 Å². The lowest BCUT2D eigenvalue weighted by atomic mass is 10.1. The number of non-ortho nitro benzene ring substituents is 1. The molecule has 2 rings (SSSR count). The number of nitro benzene ring substituents is 1. The van der Waals surface area contributed by atoms with Gasteiger partial charge in [0.2, 0.25) is 0 Å². The van der Waals surface area contributed by atoms with E-state index in [2.05, 4.69) is 11.4 Å². The van der Waals surface area contributed by atoms with Crippen molar-refractivity contribution in [1.82, 2.24) is 0 Å². The Morgan fingerprint density at radius 1 is 1.22 bits per heavy atom. The molecule has 0 spiro atoms. The molecule has 0 radical (unpaired) electrons. The third kappa shape index (κ3) is 4.89. The molecule has 1 atom stereocenters. The van der Waals surface area contributed by atoms with Crippen molar-refractivity contribution < 1.29 is 14.6 Å². The van der Waals surface area contributed by atoms with Gasteiger partial charge in [-0.3, -0.25) is 14.9 Å². The lowest BCUT2D eigenvalue weighted by molar-refractivity contribution is -0.885. The number of carbonyl (C=O) groups is 1. The van der Waals surface area contributed by atoms with Crippen LogP contribution in [0.2, 0.25) is 0 Å². The van der Waals surface area contributed by atoms with E-state index in [1.807, 2.05) is 32.2 Å². The van der Waals surface area contributed by atoms with Crippen LogP contribution in [-0.2, 0) is 11.3 Å². The highest BCUT2D eigenvalue weighted by atomic mass is 16.6. The van der Waals surface area contributed by atoms with Gasteiger partial charge >= 0.3 is 0 Å². The van der Waals surface area contributed by atoms with Gasteiger partial charge in [-0.25, -0.2) is 0 Å². The molecule has 2 N–H and O–H groups in total. The summed E-state index contributed by atoms with van der Waals surface area (Å²) in [5.41, 5.74) is 2.80. The molecule has 0 saturated heterocycles. The molecule has 120 valence electrons. The van der Waals surface area contributed by atoms with Crippen LogP contribution in [0.5, 0.6) is 0 Å². The number of benzene rings is 2. The van der Waals surface area contributed by atoms with Crippen molar-refractivity contribution in [2.24, 2.45) is 0 Å². The van der Waals surface area contributed by atoms with Gasteiger partial charge in [0, 0.05) is 23.4 Å². The highest BCUT2D eigenvalue weighted by Gasteiger charge is 2.13. The molecule has 2 aromatic carbocycles. The van der Waals surface area contributed by atoms with Gasteiger partial charge in [-0.2, -0.15) is 0 Å². The summed E-state index contributed by atoms with van der Waals surface area (Å²) in [5, 5.41) is 13.4. The molecule has 6 heteroatoms. The van der Waals surface area contributed by atoms with Crippen LogP contribution in [0.3, 0.4) is 0 Å². The molecule has 0 aliphatic heterocycles. The summed E-state index contributed by atoms with van der Waals surface area (Å²) in [6.45, 7) is 3.08. The number of aryl methyl sites for hydroxylation is 1. The highest BCUT2D eigenvalue weighted by Crippen LogP contribution is 2.16. The van der Waals surface area contributed by atoms with Gasteiger partial charge in [-0.1, -0.05) is 30.3 Å². The Morgan fingerprint density at radius 2 is 1.96 bits per heavy atom. The second-order valence-corrected chi connectivity index (χ2v) is 5.59. The smallest absolute Gasteiger partial charge is 0.279 e. The largest absolute Gasteiger partial charge is 0.326 e. The van der Waals surface area contributed by atoms with Crippen LogP contribution in [0, 0.1) is 17.0 Å². The van der Waals surface area contributed by atoms with E-state index in [-0.39, 0.29) is 18.1 Å². The van der Waals surface area contributed by atoms with Crippen LogP contribution in [-0.4, -0.2) is 24.4 Å². The quantitative estimate of drug-likeness (QED) is 0.627. The number of nitrogens with one attached hydrogen (secondary N) is 2. The van der Waals surface area contributed by atoms with Crippen LogP contribution in [0.4, 0.5) is 11.4 Å². The third-order valence-corrected chi connectivity index (χ3v) is 3.56. The van der Waals surface area contributed by atoms with E-state index in [0.717, 1.165) is 11.4 Å². The zero-order valence-corrected chi connectivity index (χ0v) is 13.2. The lowest BCUT2D eigenvalue weighted by Crippen LogP contribution is -3.08. The number of hydrogen-bond donors (Lipinski definition) is 2. The zero-order chi connectivity index (χ0) is 16.8. The van der Waals surface area contributed by atoms with Gasteiger partial charge in [0.25, 0.3) is 11.6 Å². The Balaban J connectivity index is 1.93. The first kappa shape index (κ1) is 16.6. The first-order valence-electron chi connectivity index (χ1n) is 7.36. The fourth-order valence-corrected chi connectivity index (χ4v) is 2.37. The van der Waals surface area contributed by atoms with Crippen LogP contribution >= 0.6 is 0 Å². The Labute approximate surface area is 134 Å². The molecule has 0 bridgehead atoms. The van der Waals surface area contributed by atoms with E-state index in [4.69, 9.17) is 0 Å². The maximum Gasteiger partial charge on any atom is 0.279 e. The van der Waals surface area contributed by atoms with E-state index in [1.165, 1.54) is 23.3 Å². The number of nitro groups is 1. The van der Waals surface area contributed by atoms with Crippen molar-refractivity contribution in [2.45, 2.75) is 13.5 Å². The molecule has 6 nitrogen and oxygen atoms in total. The minimum Gasteiger partial charge on any atom is -0.326 e. The molecule has 23 heavy (non-hydrogen) atoms. The number of nitrogens with zero attached hydrogens (tertiary/aromatic N) is 1. The first-order chi connectivity index (χ1) is 11.0. The SMILES string of the molecule is Cc1ccccc1C[NH+](C)CC(=O)Nc1cccc([N+](=O)[O-])c1. The second kappa shape index (κ2) is 7.51. The average Bonchev–Trinajstić information content (AvgIpc) is 2.49. The number of quaternary nitrogens is 1. The molecule has 0 fully saturated rings. The van der Waals surface area contributed by atoms with E-state index in [0.29, 0.717) is 5.69 Å². The Kier molecular flexibility index (Phi) is 5.43. The van der Waals surface area contributed by atoms with Crippen molar-refractivity contribution in [3.05, 3.63) is 69.8 Å². The standard InChI is InChI=1S/C17H19N3O3/c1-13-6-3-4-7-14(13)11-19(2)12-17(21)18-15-8-5-9-16(10-15)20(22)23/h3-10H,11-12H2,1-2H3,(H,18,21)/p+1. The monoisotopic (exact) mass is 314 g/mol. The third-order valence-electron chi connectivity index (χ3n) is 3.56. The van der Waals surface area contributed by atoms with Crippen LogP contribution in [0.15, 0.2) is 48.5 Å². The number of rotatable bonds is 6. The predicted octanol–water partition coefficient (Wildman–Crippen LogP) is 1.56. The number of amides is 1. The molecule has 0 saturated carbocycles. The molecule has 0 aromatic heterocycles. The maximum absolute atomic E-state index is 12.1. The van der Waals surface area contributed by atoms with Crippen LogP contribution in [0.25, 0.3) is 0 Å². The minimum atomic E-state index is -0.481. The van der Waals surface area contributed by atoms with Crippen molar-refractivity contribution in [3.8, 4) is 0 Å². The molecule has 1 amide bonds. The summed E-state index contributed by atoms with van der Waals surface area (Å²) < 4.78 is 0. The topological polar surface area (TPSA) is 76.7 Å². The predicted molar refractivity (Wildman–Crippen MR) is 88.4 cm³/mol. The van der Waals surface area contributed by atoms with Crippen LogP contribution in [0.1, 0.15) is 11.1 Å². The van der Waals surface area contributed by atoms with E-state index in [9.17, 15) is 14.9 Å². The van der Waals surface area contributed by atoms with Gasteiger partial charge in [-0.15, -0.1) is 0 Å². The van der Waals surface area contributed by atoms with Gasteiger partial charge in [0.05, 0.1) is 12.0 Å². The van der Waals surface area contributed by atoms with Gasteiger partial charge in [-0.05, 0) is 18.6 Å². The average molecular weight is 314 g/mol. The minimum absolute atomic E-state index is 0.0385. The van der Waals surface area contributed by atoms with Gasteiger partial charge < -0.3 is 10.2 Å². The number of anilines is 1. The Bertz CT molecular complexity index is 716.